The van der Waals surface area contributed by atoms with Gasteiger partial charge in [-0.05, 0) is 35.9 Å². The zero-order chi connectivity index (χ0) is 24.0. The van der Waals surface area contributed by atoms with Gasteiger partial charge in [0.25, 0.3) is 11.8 Å². The third kappa shape index (κ3) is 5.09. The van der Waals surface area contributed by atoms with Crippen molar-refractivity contribution >= 4 is 23.2 Å². The number of amides is 2. The second kappa shape index (κ2) is 10.0. The summed E-state index contributed by atoms with van der Waals surface area (Å²) in [6.07, 6.45) is 0. The number of hydrogen-bond acceptors (Lipinski definition) is 5. The highest BCUT2D eigenvalue weighted by atomic mass is 16.7. The molecule has 0 radical (unpaired) electrons. The van der Waals surface area contributed by atoms with E-state index < -0.39 is 0 Å². The summed E-state index contributed by atoms with van der Waals surface area (Å²) in [7, 11) is 0. The Morgan fingerprint density at radius 3 is 2.40 bits per heavy atom. The molecule has 0 spiro atoms. The van der Waals surface area contributed by atoms with Crippen molar-refractivity contribution in [3.8, 4) is 28.4 Å². The van der Waals surface area contributed by atoms with Gasteiger partial charge in [-0.3, -0.25) is 9.59 Å². The van der Waals surface area contributed by atoms with Crippen LogP contribution in [0.3, 0.4) is 0 Å². The molecule has 0 atom stereocenters. The van der Waals surface area contributed by atoms with E-state index in [0.29, 0.717) is 34.2 Å². The van der Waals surface area contributed by atoms with Crippen LogP contribution in [0.2, 0.25) is 0 Å². The molecule has 0 fully saturated rings. The van der Waals surface area contributed by atoms with Crippen LogP contribution in [0.15, 0.2) is 97.1 Å². The van der Waals surface area contributed by atoms with E-state index in [1.54, 1.807) is 42.5 Å². The topological polar surface area (TPSA) is 85.9 Å². The predicted octanol–water partition coefficient (Wildman–Crippen LogP) is 5.35. The average Bonchev–Trinajstić information content (AvgIpc) is 3.36. The summed E-state index contributed by atoms with van der Waals surface area (Å²) in [5, 5.41) is 5.73. The van der Waals surface area contributed by atoms with Gasteiger partial charge in [-0.15, -0.1) is 0 Å². The molecule has 5 rings (SSSR count). The first-order valence-electron chi connectivity index (χ1n) is 11.0. The smallest absolute Gasteiger partial charge is 0.262 e. The summed E-state index contributed by atoms with van der Waals surface area (Å²) in [5.74, 6) is 0.803. The van der Waals surface area contributed by atoms with E-state index in [1.807, 2.05) is 54.6 Å². The number of anilines is 2. The molecule has 4 aromatic rings. The Morgan fingerprint density at radius 2 is 1.51 bits per heavy atom. The van der Waals surface area contributed by atoms with Crippen LogP contribution in [0.25, 0.3) is 11.1 Å². The first kappa shape index (κ1) is 22.0. The van der Waals surface area contributed by atoms with E-state index in [1.165, 1.54) is 0 Å². The van der Waals surface area contributed by atoms with Gasteiger partial charge < -0.3 is 24.8 Å². The van der Waals surface area contributed by atoms with Gasteiger partial charge in [0, 0.05) is 23.0 Å². The third-order valence-corrected chi connectivity index (χ3v) is 5.41. The van der Waals surface area contributed by atoms with Gasteiger partial charge in [0.1, 0.15) is 5.75 Å². The molecule has 0 saturated heterocycles. The summed E-state index contributed by atoms with van der Waals surface area (Å²) in [6.45, 7) is -0.0985. The number of ether oxygens (including phenoxy) is 3. The fraction of sp³-hybridized carbons (Fsp3) is 0.0714. The van der Waals surface area contributed by atoms with Crippen LogP contribution in [0.4, 0.5) is 11.4 Å². The molecule has 2 amide bonds. The zero-order valence-electron chi connectivity index (χ0n) is 18.7. The van der Waals surface area contributed by atoms with Gasteiger partial charge in [-0.25, -0.2) is 0 Å². The quantitative estimate of drug-likeness (QED) is 0.383. The zero-order valence-corrected chi connectivity index (χ0v) is 18.7. The number of hydrogen-bond donors (Lipinski definition) is 2. The second-order valence-corrected chi connectivity index (χ2v) is 7.77. The fourth-order valence-electron chi connectivity index (χ4n) is 3.74. The van der Waals surface area contributed by atoms with Crippen LogP contribution < -0.4 is 24.8 Å². The van der Waals surface area contributed by atoms with Crippen LogP contribution in [0.1, 0.15) is 10.4 Å². The predicted molar refractivity (Wildman–Crippen MR) is 133 cm³/mol. The van der Waals surface area contributed by atoms with Gasteiger partial charge >= 0.3 is 0 Å². The van der Waals surface area contributed by atoms with E-state index >= 15 is 0 Å². The molecule has 1 aliphatic heterocycles. The molecule has 35 heavy (non-hydrogen) atoms. The number of carbonyl (C=O) groups is 2. The number of nitrogens with one attached hydrogen (secondary N) is 2. The maximum Gasteiger partial charge on any atom is 0.262 e. The van der Waals surface area contributed by atoms with Crippen LogP contribution in [0, 0.1) is 0 Å². The lowest BCUT2D eigenvalue weighted by molar-refractivity contribution is -0.118. The Kier molecular flexibility index (Phi) is 6.30. The molecule has 0 saturated carbocycles. The van der Waals surface area contributed by atoms with Crippen LogP contribution >= 0.6 is 0 Å². The van der Waals surface area contributed by atoms with Crippen molar-refractivity contribution in [1.82, 2.24) is 0 Å². The normalized spacial score (nSPS) is 11.5. The van der Waals surface area contributed by atoms with Crippen molar-refractivity contribution in [2.45, 2.75) is 0 Å². The summed E-state index contributed by atoms with van der Waals surface area (Å²) in [5.41, 5.74) is 3.45. The number of rotatable bonds is 7. The van der Waals surface area contributed by atoms with Crippen molar-refractivity contribution in [2.24, 2.45) is 0 Å². The third-order valence-electron chi connectivity index (χ3n) is 5.41. The van der Waals surface area contributed by atoms with Crippen molar-refractivity contribution in [1.29, 1.82) is 0 Å². The minimum absolute atomic E-state index is 0.154. The summed E-state index contributed by atoms with van der Waals surface area (Å²) in [4.78, 5) is 25.6. The SMILES string of the molecule is O=C(COc1ccccc1C(=O)Nc1ccc2c(c1)OCO2)Nc1ccccc1-c1ccccc1. The molecule has 0 aromatic heterocycles. The van der Waals surface area contributed by atoms with E-state index in [0.717, 1.165) is 11.1 Å². The van der Waals surface area contributed by atoms with Crippen molar-refractivity contribution in [3.05, 3.63) is 103 Å². The molecule has 2 N–H and O–H groups in total. The molecular weight excluding hydrogens is 444 g/mol. The van der Waals surface area contributed by atoms with Gasteiger partial charge in [0.05, 0.1) is 5.56 Å². The number of carbonyl (C=O) groups excluding carboxylic acids is 2. The van der Waals surface area contributed by atoms with Crippen molar-refractivity contribution < 1.29 is 23.8 Å². The lowest BCUT2D eigenvalue weighted by Gasteiger charge is -2.14. The Labute approximate surface area is 202 Å². The number of benzene rings is 4. The molecule has 0 bridgehead atoms. The molecule has 0 unspecified atom stereocenters. The van der Waals surface area contributed by atoms with Crippen LogP contribution in [-0.2, 0) is 4.79 Å². The standard InChI is InChI=1S/C28H22N2O5/c31-27(30-23-12-6-4-10-21(23)19-8-2-1-3-9-19)17-33-24-13-7-5-11-22(24)28(32)29-20-14-15-25-26(16-20)35-18-34-25/h1-16H,17-18H2,(H,29,32)(H,30,31). The van der Waals surface area contributed by atoms with Crippen LogP contribution in [-0.4, -0.2) is 25.2 Å². The lowest BCUT2D eigenvalue weighted by atomic mass is 10.0. The highest BCUT2D eigenvalue weighted by Crippen LogP contribution is 2.34. The highest BCUT2D eigenvalue weighted by molar-refractivity contribution is 6.06. The molecule has 1 heterocycles. The molecule has 7 heteroatoms. The van der Waals surface area contributed by atoms with Gasteiger partial charge in [-0.2, -0.15) is 0 Å². The van der Waals surface area contributed by atoms with E-state index in [-0.39, 0.29) is 25.2 Å². The molecule has 4 aromatic carbocycles. The summed E-state index contributed by atoms with van der Waals surface area (Å²) in [6, 6.07) is 29.3. The monoisotopic (exact) mass is 466 g/mol. The van der Waals surface area contributed by atoms with Crippen molar-refractivity contribution in [3.63, 3.8) is 0 Å². The summed E-state index contributed by atoms with van der Waals surface area (Å²) >= 11 is 0. The Hall–Kier alpha value is -4.78. The van der Waals surface area contributed by atoms with Gasteiger partial charge in [-0.1, -0.05) is 60.7 Å². The van der Waals surface area contributed by atoms with E-state index in [9.17, 15) is 9.59 Å². The highest BCUT2D eigenvalue weighted by Gasteiger charge is 2.17. The maximum absolute atomic E-state index is 12.9. The first-order valence-corrected chi connectivity index (χ1v) is 11.0. The molecular formula is C28H22N2O5. The van der Waals surface area contributed by atoms with E-state index in [4.69, 9.17) is 14.2 Å². The Bertz CT molecular complexity index is 1370. The first-order chi connectivity index (χ1) is 17.2. The van der Waals surface area contributed by atoms with E-state index in [2.05, 4.69) is 10.6 Å². The Balaban J connectivity index is 1.25. The van der Waals surface area contributed by atoms with Crippen LogP contribution in [0.5, 0.6) is 17.2 Å². The lowest BCUT2D eigenvalue weighted by Crippen LogP contribution is -2.22. The fourth-order valence-corrected chi connectivity index (χ4v) is 3.74. The molecule has 0 aliphatic carbocycles. The molecule has 7 nitrogen and oxygen atoms in total. The maximum atomic E-state index is 12.9. The summed E-state index contributed by atoms with van der Waals surface area (Å²) < 4.78 is 16.4. The Morgan fingerprint density at radius 1 is 0.771 bits per heavy atom. The van der Waals surface area contributed by atoms with Crippen molar-refractivity contribution in [2.75, 3.05) is 24.0 Å². The number of para-hydroxylation sites is 2. The number of fused-ring (bicyclic) bond motifs is 1. The largest absolute Gasteiger partial charge is 0.483 e. The second-order valence-electron chi connectivity index (χ2n) is 7.77. The van der Waals surface area contributed by atoms with Gasteiger partial charge in [0.2, 0.25) is 6.79 Å². The van der Waals surface area contributed by atoms with Gasteiger partial charge in [0.15, 0.2) is 18.1 Å². The minimum Gasteiger partial charge on any atom is -0.483 e. The molecule has 1 aliphatic rings. The molecule has 174 valence electrons. The average molecular weight is 466 g/mol. The minimum atomic E-state index is -0.366.